The van der Waals surface area contributed by atoms with Crippen LogP contribution in [0, 0.1) is 0 Å². The predicted octanol–water partition coefficient (Wildman–Crippen LogP) is 1.21. The maximum absolute atomic E-state index is 10.7. The van der Waals surface area contributed by atoms with E-state index < -0.39 is 6.09 Å². The van der Waals surface area contributed by atoms with Crippen LogP contribution in [0.1, 0.15) is 13.8 Å². The van der Waals surface area contributed by atoms with E-state index in [2.05, 4.69) is 0 Å². The lowest BCUT2D eigenvalue weighted by molar-refractivity contribution is 0.0805. The van der Waals surface area contributed by atoms with Gasteiger partial charge in [-0.1, -0.05) is 0 Å². The molecule has 70 valence electrons. The average Bonchev–Trinajstić information content (AvgIpc) is 1.96. The second kappa shape index (κ2) is 3.49. The van der Waals surface area contributed by atoms with Crippen LogP contribution < -0.4 is 0 Å². The number of nitrogens with zero attached hydrogens (tertiary/aromatic N) is 2. The first-order chi connectivity index (χ1) is 5.52. The Kier molecular flexibility index (Phi) is 2.80. The van der Waals surface area contributed by atoms with Gasteiger partial charge < -0.3 is 10.0 Å². The first-order valence-electron chi connectivity index (χ1n) is 3.94. The van der Waals surface area contributed by atoms with Crippen LogP contribution in [-0.2, 0) is 0 Å². The standard InChI is InChI=1S/C7H13ClN2O2/c1-5-4-10(8)6(2)3-9(5)7(11)12/h5-6H,3-4H2,1-2H3,(H,11,12)/t5-,6+/m1/s1. The van der Waals surface area contributed by atoms with Crippen molar-refractivity contribution < 1.29 is 9.90 Å². The molecule has 0 aromatic carbocycles. The molecule has 1 aliphatic rings. The Morgan fingerprint density at radius 3 is 2.50 bits per heavy atom. The summed E-state index contributed by atoms with van der Waals surface area (Å²) in [6, 6.07) is 0.0789. The quantitative estimate of drug-likeness (QED) is 0.587. The van der Waals surface area contributed by atoms with Crippen molar-refractivity contribution >= 4 is 17.9 Å². The second-order valence-electron chi connectivity index (χ2n) is 3.22. The molecule has 0 aromatic rings. The van der Waals surface area contributed by atoms with Crippen molar-refractivity contribution in [1.29, 1.82) is 0 Å². The molecule has 1 aliphatic heterocycles. The van der Waals surface area contributed by atoms with Gasteiger partial charge in [-0.15, -0.1) is 0 Å². The zero-order chi connectivity index (χ0) is 9.30. The largest absolute Gasteiger partial charge is 0.465 e. The van der Waals surface area contributed by atoms with Crippen molar-refractivity contribution in [1.82, 2.24) is 9.32 Å². The molecule has 4 nitrogen and oxygen atoms in total. The van der Waals surface area contributed by atoms with Crippen LogP contribution in [0.15, 0.2) is 0 Å². The summed E-state index contributed by atoms with van der Waals surface area (Å²) in [6.07, 6.45) is -0.862. The Morgan fingerprint density at radius 1 is 1.42 bits per heavy atom. The molecule has 2 atom stereocenters. The number of rotatable bonds is 0. The fourth-order valence-electron chi connectivity index (χ4n) is 1.35. The van der Waals surface area contributed by atoms with E-state index in [9.17, 15) is 4.79 Å². The van der Waals surface area contributed by atoms with E-state index in [-0.39, 0.29) is 12.1 Å². The highest BCUT2D eigenvalue weighted by Crippen LogP contribution is 2.16. The first-order valence-corrected chi connectivity index (χ1v) is 4.28. The number of carboxylic acid groups (broad SMARTS) is 1. The van der Waals surface area contributed by atoms with E-state index in [1.165, 1.54) is 4.90 Å². The van der Waals surface area contributed by atoms with Crippen molar-refractivity contribution in [2.45, 2.75) is 25.9 Å². The maximum atomic E-state index is 10.7. The highest BCUT2D eigenvalue weighted by atomic mass is 35.5. The van der Waals surface area contributed by atoms with Gasteiger partial charge in [-0.25, -0.2) is 9.21 Å². The molecule has 1 amide bonds. The zero-order valence-corrected chi connectivity index (χ0v) is 7.95. The molecule has 0 aromatic heterocycles. The van der Waals surface area contributed by atoms with E-state index in [0.29, 0.717) is 13.1 Å². The molecule has 1 saturated heterocycles. The molecule has 1 fully saturated rings. The molecule has 0 unspecified atom stereocenters. The summed E-state index contributed by atoms with van der Waals surface area (Å²) < 4.78 is 1.66. The SMILES string of the molecule is C[C@@H]1CN(Cl)[C@@H](C)CN1C(=O)O. The van der Waals surface area contributed by atoms with E-state index in [0.717, 1.165) is 0 Å². The normalized spacial score (nSPS) is 32.1. The summed E-state index contributed by atoms with van der Waals surface area (Å²) in [4.78, 5) is 12.1. The Morgan fingerprint density at radius 2 is 2.00 bits per heavy atom. The third kappa shape index (κ3) is 1.81. The molecule has 0 saturated carbocycles. The van der Waals surface area contributed by atoms with Gasteiger partial charge in [0, 0.05) is 25.2 Å². The lowest BCUT2D eigenvalue weighted by Crippen LogP contribution is -2.54. The number of carbonyl (C=O) groups is 1. The molecule has 12 heavy (non-hydrogen) atoms. The summed E-state index contributed by atoms with van der Waals surface area (Å²) >= 11 is 5.85. The summed E-state index contributed by atoms with van der Waals surface area (Å²) in [5, 5.41) is 8.78. The van der Waals surface area contributed by atoms with Gasteiger partial charge in [-0.3, -0.25) is 0 Å². The Bertz CT molecular complexity index is 188. The fourth-order valence-corrected chi connectivity index (χ4v) is 1.61. The van der Waals surface area contributed by atoms with Crippen LogP contribution in [0.4, 0.5) is 4.79 Å². The van der Waals surface area contributed by atoms with E-state index in [1.807, 2.05) is 13.8 Å². The minimum absolute atomic E-state index is 0.0174. The van der Waals surface area contributed by atoms with Gasteiger partial charge in [0.1, 0.15) is 0 Å². The third-order valence-corrected chi connectivity index (χ3v) is 2.63. The molecular formula is C7H13ClN2O2. The minimum Gasteiger partial charge on any atom is -0.465 e. The van der Waals surface area contributed by atoms with Crippen molar-refractivity contribution in [3.8, 4) is 0 Å². The third-order valence-electron chi connectivity index (χ3n) is 2.16. The van der Waals surface area contributed by atoms with Gasteiger partial charge in [-0.05, 0) is 25.6 Å². The Hall–Kier alpha value is -0.480. The first kappa shape index (κ1) is 9.61. The number of amides is 1. The van der Waals surface area contributed by atoms with Gasteiger partial charge in [0.15, 0.2) is 0 Å². The van der Waals surface area contributed by atoms with Crippen molar-refractivity contribution in [2.75, 3.05) is 13.1 Å². The maximum Gasteiger partial charge on any atom is 0.407 e. The Labute approximate surface area is 76.8 Å². The lowest BCUT2D eigenvalue weighted by Gasteiger charge is -2.39. The highest BCUT2D eigenvalue weighted by Gasteiger charge is 2.30. The molecule has 1 heterocycles. The summed E-state index contributed by atoms with van der Waals surface area (Å²) in [6.45, 7) is 4.85. The number of halogens is 1. The van der Waals surface area contributed by atoms with Crippen LogP contribution >= 0.6 is 11.8 Å². The highest BCUT2D eigenvalue weighted by molar-refractivity contribution is 6.13. The van der Waals surface area contributed by atoms with Crippen LogP contribution in [0.5, 0.6) is 0 Å². The minimum atomic E-state index is -0.862. The van der Waals surface area contributed by atoms with Gasteiger partial charge in [0.05, 0.1) is 0 Å². The fraction of sp³-hybridized carbons (Fsp3) is 0.857. The number of hydrogen-bond donors (Lipinski definition) is 1. The van der Waals surface area contributed by atoms with E-state index in [1.54, 1.807) is 4.42 Å². The number of piperazine rings is 1. The van der Waals surface area contributed by atoms with Gasteiger partial charge in [0.25, 0.3) is 0 Å². The zero-order valence-electron chi connectivity index (χ0n) is 7.20. The molecule has 0 spiro atoms. The van der Waals surface area contributed by atoms with Crippen molar-refractivity contribution in [2.24, 2.45) is 0 Å². The summed E-state index contributed by atoms with van der Waals surface area (Å²) in [5.41, 5.74) is 0. The molecule has 1 rings (SSSR count). The van der Waals surface area contributed by atoms with Crippen LogP contribution in [0.2, 0.25) is 0 Å². The molecule has 1 N–H and O–H groups in total. The molecule has 0 bridgehead atoms. The molecule has 5 heteroatoms. The monoisotopic (exact) mass is 192 g/mol. The van der Waals surface area contributed by atoms with Gasteiger partial charge in [-0.2, -0.15) is 0 Å². The predicted molar refractivity (Wildman–Crippen MR) is 46.2 cm³/mol. The average molecular weight is 193 g/mol. The lowest BCUT2D eigenvalue weighted by atomic mass is 10.1. The van der Waals surface area contributed by atoms with Crippen molar-refractivity contribution in [3.63, 3.8) is 0 Å². The Balaban J connectivity index is 2.61. The number of hydrogen-bond acceptors (Lipinski definition) is 2. The molecule has 0 aliphatic carbocycles. The van der Waals surface area contributed by atoms with Gasteiger partial charge >= 0.3 is 6.09 Å². The van der Waals surface area contributed by atoms with Crippen molar-refractivity contribution in [3.05, 3.63) is 0 Å². The van der Waals surface area contributed by atoms with E-state index in [4.69, 9.17) is 16.9 Å². The van der Waals surface area contributed by atoms with Crippen LogP contribution in [-0.4, -0.2) is 45.7 Å². The van der Waals surface area contributed by atoms with Crippen LogP contribution in [0.25, 0.3) is 0 Å². The smallest absolute Gasteiger partial charge is 0.407 e. The summed E-state index contributed by atoms with van der Waals surface area (Å²) in [5.74, 6) is 0. The summed E-state index contributed by atoms with van der Waals surface area (Å²) in [7, 11) is 0. The van der Waals surface area contributed by atoms with Crippen LogP contribution in [0.3, 0.4) is 0 Å². The topological polar surface area (TPSA) is 43.8 Å². The van der Waals surface area contributed by atoms with Gasteiger partial charge in [0.2, 0.25) is 0 Å². The van der Waals surface area contributed by atoms with E-state index >= 15 is 0 Å². The second-order valence-corrected chi connectivity index (χ2v) is 3.65. The molecule has 0 radical (unpaired) electrons. The molecular weight excluding hydrogens is 180 g/mol.